The van der Waals surface area contributed by atoms with Crippen LogP contribution in [-0.2, 0) is 19.1 Å². The van der Waals surface area contributed by atoms with Crippen LogP contribution in [0.5, 0.6) is 17.2 Å². The van der Waals surface area contributed by atoms with Crippen LogP contribution >= 0.6 is 0 Å². The van der Waals surface area contributed by atoms with Gasteiger partial charge in [0.25, 0.3) is 6.29 Å². The normalized spacial score (nSPS) is 10.0. The van der Waals surface area contributed by atoms with E-state index in [-0.39, 0.29) is 5.75 Å². The summed E-state index contributed by atoms with van der Waals surface area (Å²) < 4.78 is 25.7. The van der Waals surface area contributed by atoms with Crippen LogP contribution < -0.4 is 14.2 Å². The lowest BCUT2D eigenvalue weighted by molar-refractivity contribution is -0.186. The molecule has 0 N–H and O–H groups in total. The number of ether oxygens (including phenoxy) is 5. The van der Waals surface area contributed by atoms with Gasteiger partial charge in [0.2, 0.25) is 5.75 Å². The fraction of sp³-hybridized carbons (Fsp3) is 0.429. The number of hydrogen-bond donors (Lipinski definition) is 0. The molecular formula is C14H18O7. The molecule has 0 heterocycles. The van der Waals surface area contributed by atoms with Gasteiger partial charge in [-0.05, 0) is 12.1 Å². The van der Waals surface area contributed by atoms with E-state index < -0.39 is 18.2 Å². The zero-order valence-electron chi connectivity index (χ0n) is 12.6. The van der Waals surface area contributed by atoms with Crippen molar-refractivity contribution in [1.29, 1.82) is 0 Å². The Morgan fingerprint density at radius 3 is 1.76 bits per heavy atom. The van der Waals surface area contributed by atoms with Crippen LogP contribution in [0.2, 0.25) is 0 Å². The first-order chi connectivity index (χ1) is 9.94. The molecule has 0 aliphatic rings. The minimum Gasteiger partial charge on any atom is -0.493 e. The number of carbonyl (C=O) groups excluding carboxylic acids is 2. The van der Waals surface area contributed by atoms with Crippen molar-refractivity contribution in [2.75, 3.05) is 21.3 Å². The van der Waals surface area contributed by atoms with Crippen molar-refractivity contribution in [1.82, 2.24) is 0 Å². The topological polar surface area (TPSA) is 80.3 Å². The maximum Gasteiger partial charge on any atom is 0.305 e. The maximum absolute atomic E-state index is 11.2. The van der Waals surface area contributed by atoms with Gasteiger partial charge in [0.15, 0.2) is 11.5 Å². The lowest BCUT2D eigenvalue weighted by Gasteiger charge is -2.21. The van der Waals surface area contributed by atoms with Crippen LogP contribution in [0.15, 0.2) is 12.1 Å². The highest BCUT2D eigenvalue weighted by molar-refractivity contribution is 5.69. The molecule has 0 unspecified atom stereocenters. The summed E-state index contributed by atoms with van der Waals surface area (Å²) in [7, 11) is 4.34. The third kappa shape index (κ3) is 4.01. The van der Waals surface area contributed by atoms with E-state index in [0.29, 0.717) is 17.1 Å². The summed E-state index contributed by atoms with van der Waals surface area (Å²) in [5.74, 6) is -0.204. The van der Waals surface area contributed by atoms with Gasteiger partial charge in [0, 0.05) is 13.8 Å². The SMILES string of the molecule is COc1ccc(C(OC(C)=O)OC(C)=O)c(OC)c1OC. The third-order valence-electron chi connectivity index (χ3n) is 2.53. The first-order valence-electron chi connectivity index (χ1n) is 6.07. The molecule has 1 aromatic rings. The molecule has 1 aromatic carbocycles. The Hall–Kier alpha value is -2.44. The van der Waals surface area contributed by atoms with Crippen LogP contribution in [-0.4, -0.2) is 33.3 Å². The summed E-state index contributed by atoms with van der Waals surface area (Å²) >= 11 is 0. The molecule has 0 saturated heterocycles. The standard InChI is InChI=1S/C14H18O7/c1-8(15)20-14(21-9(2)16)10-6-7-11(17-3)13(19-5)12(10)18-4/h6-7,14H,1-5H3. The quantitative estimate of drug-likeness (QED) is 0.585. The van der Waals surface area contributed by atoms with Gasteiger partial charge in [-0.1, -0.05) is 0 Å². The number of hydrogen-bond acceptors (Lipinski definition) is 7. The average molecular weight is 298 g/mol. The monoisotopic (exact) mass is 298 g/mol. The summed E-state index contributed by atoms with van der Waals surface area (Å²) in [6.45, 7) is 2.42. The fourth-order valence-electron chi connectivity index (χ4n) is 1.76. The van der Waals surface area contributed by atoms with Crippen molar-refractivity contribution < 1.29 is 33.3 Å². The lowest BCUT2D eigenvalue weighted by atomic mass is 10.1. The van der Waals surface area contributed by atoms with E-state index in [4.69, 9.17) is 23.7 Å². The fourth-order valence-corrected chi connectivity index (χ4v) is 1.76. The molecule has 0 aliphatic carbocycles. The Labute approximate surface area is 122 Å². The molecule has 0 amide bonds. The van der Waals surface area contributed by atoms with Crippen molar-refractivity contribution in [2.24, 2.45) is 0 Å². The molecule has 0 saturated carbocycles. The van der Waals surface area contributed by atoms with Crippen molar-refractivity contribution in [3.63, 3.8) is 0 Å². The molecule has 116 valence electrons. The third-order valence-corrected chi connectivity index (χ3v) is 2.53. The number of benzene rings is 1. The molecule has 0 fully saturated rings. The van der Waals surface area contributed by atoms with E-state index in [1.54, 1.807) is 12.1 Å². The van der Waals surface area contributed by atoms with Crippen molar-refractivity contribution in [2.45, 2.75) is 20.1 Å². The van der Waals surface area contributed by atoms with Gasteiger partial charge in [-0.3, -0.25) is 9.59 Å². The van der Waals surface area contributed by atoms with Crippen LogP contribution in [0.4, 0.5) is 0 Å². The number of carbonyl (C=O) groups is 2. The second kappa shape index (κ2) is 7.37. The van der Waals surface area contributed by atoms with E-state index in [1.165, 1.54) is 35.2 Å². The van der Waals surface area contributed by atoms with Crippen LogP contribution in [0, 0.1) is 0 Å². The van der Waals surface area contributed by atoms with E-state index in [1.807, 2.05) is 0 Å². The van der Waals surface area contributed by atoms with E-state index in [0.717, 1.165) is 0 Å². The summed E-state index contributed by atoms with van der Waals surface area (Å²) in [5, 5.41) is 0. The summed E-state index contributed by atoms with van der Waals surface area (Å²) in [6.07, 6.45) is -1.23. The van der Waals surface area contributed by atoms with E-state index in [9.17, 15) is 9.59 Å². The molecule has 0 atom stereocenters. The molecule has 0 radical (unpaired) electrons. The largest absolute Gasteiger partial charge is 0.493 e. The summed E-state index contributed by atoms with van der Waals surface area (Å²) in [4.78, 5) is 22.4. The molecule has 1 rings (SSSR count). The van der Waals surface area contributed by atoms with E-state index >= 15 is 0 Å². The zero-order valence-corrected chi connectivity index (χ0v) is 12.6. The van der Waals surface area contributed by atoms with Crippen LogP contribution in [0.1, 0.15) is 25.7 Å². The Morgan fingerprint density at radius 1 is 0.857 bits per heavy atom. The molecule has 0 spiro atoms. The van der Waals surface area contributed by atoms with Crippen LogP contribution in [0.3, 0.4) is 0 Å². The van der Waals surface area contributed by atoms with Gasteiger partial charge in [0.05, 0.1) is 26.9 Å². The second-order valence-electron chi connectivity index (χ2n) is 3.97. The van der Waals surface area contributed by atoms with Crippen molar-refractivity contribution >= 4 is 11.9 Å². The molecule has 0 aromatic heterocycles. The number of esters is 2. The molecule has 0 bridgehead atoms. The Bertz CT molecular complexity index is 508. The van der Waals surface area contributed by atoms with E-state index in [2.05, 4.69) is 0 Å². The first kappa shape index (κ1) is 16.6. The van der Waals surface area contributed by atoms with Gasteiger partial charge < -0.3 is 23.7 Å². The Morgan fingerprint density at radius 2 is 1.38 bits per heavy atom. The van der Waals surface area contributed by atoms with Gasteiger partial charge in [-0.2, -0.15) is 0 Å². The minimum atomic E-state index is -1.23. The minimum absolute atomic E-state index is 0.254. The average Bonchev–Trinajstić information content (AvgIpc) is 2.43. The lowest BCUT2D eigenvalue weighted by Crippen LogP contribution is -2.16. The van der Waals surface area contributed by atoms with Crippen molar-refractivity contribution in [3.05, 3.63) is 17.7 Å². The van der Waals surface area contributed by atoms with Gasteiger partial charge in [-0.15, -0.1) is 0 Å². The van der Waals surface area contributed by atoms with Crippen LogP contribution in [0.25, 0.3) is 0 Å². The van der Waals surface area contributed by atoms with Gasteiger partial charge >= 0.3 is 11.9 Å². The Balaban J connectivity index is 3.35. The zero-order chi connectivity index (χ0) is 16.0. The smallest absolute Gasteiger partial charge is 0.305 e. The number of methoxy groups -OCH3 is 3. The maximum atomic E-state index is 11.2. The molecule has 21 heavy (non-hydrogen) atoms. The summed E-state index contributed by atoms with van der Waals surface area (Å²) in [5.41, 5.74) is 0.334. The molecule has 7 heteroatoms. The molecule has 7 nitrogen and oxygen atoms in total. The highest BCUT2D eigenvalue weighted by Gasteiger charge is 2.26. The molecular weight excluding hydrogens is 280 g/mol. The number of rotatable bonds is 6. The highest BCUT2D eigenvalue weighted by Crippen LogP contribution is 2.43. The first-order valence-corrected chi connectivity index (χ1v) is 6.07. The summed E-state index contributed by atoms with van der Waals surface area (Å²) in [6, 6.07) is 3.16. The van der Waals surface area contributed by atoms with Gasteiger partial charge in [0.1, 0.15) is 0 Å². The second-order valence-corrected chi connectivity index (χ2v) is 3.97. The van der Waals surface area contributed by atoms with Crippen molar-refractivity contribution in [3.8, 4) is 17.2 Å². The molecule has 0 aliphatic heterocycles. The predicted octanol–water partition coefficient (Wildman–Crippen LogP) is 1.84. The van der Waals surface area contributed by atoms with Gasteiger partial charge in [-0.25, -0.2) is 0 Å². The Kier molecular flexibility index (Phi) is 5.83. The highest BCUT2D eigenvalue weighted by atomic mass is 16.7. The predicted molar refractivity (Wildman–Crippen MR) is 72.4 cm³/mol.